The van der Waals surface area contributed by atoms with Gasteiger partial charge in [0.15, 0.2) is 0 Å². The molecule has 0 N–H and O–H groups in total. The van der Waals surface area contributed by atoms with E-state index in [9.17, 15) is 0 Å². The number of nitrogens with zero attached hydrogens (tertiary/aromatic N) is 1. The molecule has 0 fully saturated rings. The molecular weight excluding hydrogens is 182 g/mol. The van der Waals surface area contributed by atoms with E-state index in [-0.39, 0.29) is 5.41 Å². The molecule has 1 aliphatic rings. The van der Waals surface area contributed by atoms with Gasteiger partial charge in [0.2, 0.25) is 0 Å². The van der Waals surface area contributed by atoms with Gasteiger partial charge in [-0.2, -0.15) is 0 Å². The maximum Gasteiger partial charge on any atom is 0.0450 e. The summed E-state index contributed by atoms with van der Waals surface area (Å²) in [7, 11) is 0. The van der Waals surface area contributed by atoms with Crippen molar-refractivity contribution in [3.05, 3.63) is 42.1 Å². The van der Waals surface area contributed by atoms with E-state index in [2.05, 4.69) is 56.5 Å². The van der Waals surface area contributed by atoms with Crippen molar-refractivity contribution >= 4 is 5.69 Å². The Kier molecular flexibility index (Phi) is 2.34. The fourth-order valence-electron chi connectivity index (χ4n) is 2.53. The summed E-state index contributed by atoms with van der Waals surface area (Å²) in [4.78, 5) is 2.33. The second kappa shape index (κ2) is 3.41. The highest BCUT2D eigenvalue weighted by Gasteiger charge is 2.40. The van der Waals surface area contributed by atoms with Crippen LogP contribution >= 0.6 is 0 Å². The van der Waals surface area contributed by atoms with Crippen LogP contribution < -0.4 is 4.90 Å². The van der Waals surface area contributed by atoms with Crippen molar-refractivity contribution in [3.8, 4) is 0 Å². The Morgan fingerprint density at radius 2 is 1.93 bits per heavy atom. The van der Waals surface area contributed by atoms with Crippen molar-refractivity contribution in [2.45, 2.75) is 32.6 Å². The molecular formula is C14H19N. The normalized spacial score (nSPS) is 24.5. The molecule has 80 valence electrons. The number of benzene rings is 1. The van der Waals surface area contributed by atoms with E-state index in [0.717, 1.165) is 13.0 Å². The quantitative estimate of drug-likeness (QED) is 0.705. The Bertz CT molecular complexity index is 394. The Labute approximate surface area is 92.4 Å². The van der Waals surface area contributed by atoms with Crippen LogP contribution in [0.15, 0.2) is 36.5 Å². The van der Waals surface area contributed by atoms with Crippen molar-refractivity contribution in [1.82, 2.24) is 0 Å². The van der Waals surface area contributed by atoms with Crippen molar-refractivity contribution in [2.24, 2.45) is 0 Å². The molecule has 0 radical (unpaired) electrons. The van der Waals surface area contributed by atoms with Gasteiger partial charge in [-0.05, 0) is 31.9 Å². The number of allylic oxidation sites excluding steroid dienone is 1. The molecule has 0 aliphatic carbocycles. The molecule has 0 aromatic heterocycles. The van der Waals surface area contributed by atoms with E-state index >= 15 is 0 Å². The molecule has 2 rings (SSSR count). The summed E-state index contributed by atoms with van der Waals surface area (Å²) in [6.07, 6.45) is 1.11. The topological polar surface area (TPSA) is 3.24 Å². The Balaban J connectivity index is 2.61. The predicted molar refractivity (Wildman–Crippen MR) is 66.2 cm³/mol. The SMILES string of the molecule is C=C1N(CC)c2ccccc2C1(C)CC. The van der Waals surface area contributed by atoms with Crippen LogP contribution in [0.2, 0.25) is 0 Å². The fraction of sp³-hybridized carbons (Fsp3) is 0.429. The van der Waals surface area contributed by atoms with Crippen LogP contribution in [0.4, 0.5) is 5.69 Å². The number of anilines is 1. The Morgan fingerprint density at radius 3 is 2.53 bits per heavy atom. The summed E-state index contributed by atoms with van der Waals surface area (Å²) in [5.74, 6) is 0. The Morgan fingerprint density at radius 1 is 1.27 bits per heavy atom. The first kappa shape index (κ1) is 10.3. The molecule has 0 saturated heterocycles. The van der Waals surface area contributed by atoms with Crippen LogP contribution in [-0.4, -0.2) is 6.54 Å². The summed E-state index contributed by atoms with van der Waals surface area (Å²) < 4.78 is 0. The molecule has 1 aliphatic heterocycles. The molecule has 1 nitrogen and oxygen atoms in total. The first-order valence-electron chi connectivity index (χ1n) is 5.71. The van der Waals surface area contributed by atoms with Crippen molar-refractivity contribution in [3.63, 3.8) is 0 Å². The second-order valence-electron chi connectivity index (χ2n) is 4.39. The second-order valence-corrected chi connectivity index (χ2v) is 4.39. The number of rotatable bonds is 2. The van der Waals surface area contributed by atoms with E-state index in [1.165, 1.54) is 16.9 Å². The molecule has 0 amide bonds. The van der Waals surface area contributed by atoms with Crippen LogP contribution in [0.5, 0.6) is 0 Å². The number of likely N-dealkylation sites (N-methyl/N-ethyl adjacent to an activating group) is 1. The van der Waals surface area contributed by atoms with Crippen LogP contribution in [-0.2, 0) is 5.41 Å². The summed E-state index contributed by atoms with van der Waals surface area (Å²) >= 11 is 0. The molecule has 0 spiro atoms. The lowest BCUT2D eigenvalue weighted by Gasteiger charge is -2.27. The smallest absolute Gasteiger partial charge is 0.0450 e. The van der Waals surface area contributed by atoms with Gasteiger partial charge in [0.05, 0.1) is 0 Å². The molecule has 0 bridgehead atoms. The zero-order valence-electron chi connectivity index (χ0n) is 9.88. The maximum atomic E-state index is 4.27. The number of hydrogen-bond donors (Lipinski definition) is 0. The lowest BCUT2D eigenvalue weighted by atomic mass is 9.80. The minimum absolute atomic E-state index is 0.132. The van der Waals surface area contributed by atoms with Gasteiger partial charge >= 0.3 is 0 Å². The third kappa shape index (κ3) is 1.22. The zero-order chi connectivity index (χ0) is 11.1. The largest absolute Gasteiger partial charge is 0.345 e. The number of para-hydroxylation sites is 1. The van der Waals surface area contributed by atoms with E-state index in [0.29, 0.717) is 0 Å². The van der Waals surface area contributed by atoms with Gasteiger partial charge in [0, 0.05) is 23.3 Å². The highest BCUT2D eigenvalue weighted by atomic mass is 15.2. The third-order valence-corrected chi connectivity index (χ3v) is 3.78. The van der Waals surface area contributed by atoms with Crippen LogP contribution in [0.3, 0.4) is 0 Å². The first-order chi connectivity index (χ1) is 7.15. The molecule has 1 aromatic rings. The predicted octanol–water partition coefficient (Wildman–Crippen LogP) is 3.71. The number of fused-ring (bicyclic) bond motifs is 1. The van der Waals surface area contributed by atoms with E-state index in [4.69, 9.17) is 0 Å². The molecule has 1 unspecified atom stereocenters. The standard InChI is InChI=1S/C14H19N/c1-5-14(4)11(3)15(6-2)13-10-8-7-9-12(13)14/h7-10H,3,5-6H2,1-2,4H3. The molecule has 0 saturated carbocycles. The summed E-state index contributed by atoms with van der Waals surface area (Å²) in [5.41, 5.74) is 4.15. The summed E-state index contributed by atoms with van der Waals surface area (Å²) in [5, 5.41) is 0. The minimum atomic E-state index is 0.132. The lowest BCUT2D eigenvalue weighted by Crippen LogP contribution is -2.26. The third-order valence-electron chi connectivity index (χ3n) is 3.78. The van der Waals surface area contributed by atoms with Crippen LogP contribution in [0.25, 0.3) is 0 Å². The summed E-state index contributed by atoms with van der Waals surface area (Å²) in [6.45, 7) is 12.0. The monoisotopic (exact) mass is 201 g/mol. The Hall–Kier alpha value is -1.24. The lowest BCUT2D eigenvalue weighted by molar-refractivity contribution is 0.548. The van der Waals surface area contributed by atoms with Crippen molar-refractivity contribution < 1.29 is 0 Å². The van der Waals surface area contributed by atoms with Crippen molar-refractivity contribution in [2.75, 3.05) is 11.4 Å². The van der Waals surface area contributed by atoms with Gasteiger partial charge in [-0.15, -0.1) is 0 Å². The molecule has 1 heterocycles. The van der Waals surface area contributed by atoms with Gasteiger partial charge in [-0.25, -0.2) is 0 Å². The fourth-order valence-corrected chi connectivity index (χ4v) is 2.53. The van der Waals surface area contributed by atoms with Gasteiger partial charge in [-0.1, -0.05) is 31.7 Å². The molecule has 1 atom stereocenters. The maximum absolute atomic E-state index is 4.27. The van der Waals surface area contributed by atoms with Crippen LogP contribution in [0, 0.1) is 0 Å². The zero-order valence-corrected chi connectivity index (χ0v) is 9.88. The average Bonchev–Trinajstić information content (AvgIpc) is 2.50. The molecule has 15 heavy (non-hydrogen) atoms. The van der Waals surface area contributed by atoms with Crippen LogP contribution in [0.1, 0.15) is 32.8 Å². The van der Waals surface area contributed by atoms with Gasteiger partial charge in [-0.3, -0.25) is 0 Å². The van der Waals surface area contributed by atoms with E-state index in [1.807, 2.05) is 0 Å². The van der Waals surface area contributed by atoms with E-state index in [1.54, 1.807) is 0 Å². The first-order valence-corrected chi connectivity index (χ1v) is 5.71. The van der Waals surface area contributed by atoms with E-state index < -0.39 is 0 Å². The average molecular weight is 201 g/mol. The summed E-state index contributed by atoms with van der Waals surface area (Å²) in [6, 6.07) is 8.67. The van der Waals surface area contributed by atoms with Gasteiger partial charge < -0.3 is 4.90 Å². The highest BCUT2D eigenvalue weighted by Crippen LogP contribution is 2.48. The van der Waals surface area contributed by atoms with Gasteiger partial charge in [0.25, 0.3) is 0 Å². The number of hydrogen-bond acceptors (Lipinski definition) is 1. The molecule has 1 heteroatoms. The molecule has 1 aromatic carbocycles. The minimum Gasteiger partial charge on any atom is -0.345 e. The van der Waals surface area contributed by atoms with Crippen molar-refractivity contribution in [1.29, 1.82) is 0 Å². The highest BCUT2D eigenvalue weighted by molar-refractivity contribution is 5.69. The van der Waals surface area contributed by atoms with Gasteiger partial charge in [0.1, 0.15) is 0 Å².